The highest BCUT2D eigenvalue weighted by molar-refractivity contribution is 7.98. The second-order valence-corrected chi connectivity index (χ2v) is 6.38. The van der Waals surface area contributed by atoms with Crippen LogP contribution in [0, 0.1) is 6.92 Å². The number of benzene rings is 1. The van der Waals surface area contributed by atoms with Gasteiger partial charge in [0.1, 0.15) is 5.76 Å². The third-order valence-corrected chi connectivity index (χ3v) is 4.77. The summed E-state index contributed by atoms with van der Waals surface area (Å²) in [6, 6.07) is 13.2. The highest BCUT2D eigenvalue weighted by atomic mass is 32.2. The van der Waals surface area contributed by atoms with Gasteiger partial charge in [-0.05, 0) is 42.3 Å². The van der Waals surface area contributed by atoms with Crippen LogP contribution in [-0.2, 0) is 12.3 Å². The molecule has 0 amide bonds. The fourth-order valence-corrected chi connectivity index (χ4v) is 3.13. The number of pyridine rings is 1. The van der Waals surface area contributed by atoms with Gasteiger partial charge in [0, 0.05) is 22.8 Å². The van der Waals surface area contributed by atoms with Crippen LogP contribution in [0.3, 0.4) is 0 Å². The van der Waals surface area contributed by atoms with Crippen LogP contribution in [0.25, 0.3) is 0 Å². The Bertz CT molecular complexity index is 854. The Labute approximate surface area is 138 Å². The SMILES string of the molecule is Cc1c(N)cccc1Cn1ccc(SCc2ccco2)cc1=O. The van der Waals surface area contributed by atoms with E-state index in [2.05, 4.69) is 0 Å². The lowest BCUT2D eigenvalue weighted by Gasteiger charge is -2.11. The molecule has 3 aromatic rings. The molecule has 2 aromatic heterocycles. The first-order valence-corrected chi connectivity index (χ1v) is 8.31. The zero-order valence-corrected chi connectivity index (χ0v) is 13.7. The molecule has 3 rings (SSSR count). The summed E-state index contributed by atoms with van der Waals surface area (Å²) in [6.45, 7) is 2.50. The van der Waals surface area contributed by atoms with Crippen LogP contribution in [-0.4, -0.2) is 4.57 Å². The van der Waals surface area contributed by atoms with E-state index in [-0.39, 0.29) is 5.56 Å². The maximum absolute atomic E-state index is 12.3. The van der Waals surface area contributed by atoms with E-state index in [0.717, 1.165) is 27.5 Å². The number of nitrogens with two attached hydrogens (primary N) is 1. The molecule has 0 radical (unpaired) electrons. The Kier molecular flexibility index (Phi) is 4.57. The van der Waals surface area contributed by atoms with Gasteiger partial charge in [-0.25, -0.2) is 0 Å². The number of nitrogens with zero attached hydrogens (tertiary/aromatic N) is 1. The summed E-state index contributed by atoms with van der Waals surface area (Å²) in [5.41, 5.74) is 8.74. The van der Waals surface area contributed by atoms with E-state index >= 15 is 0 Å². The van der Waals surface area contributed by atoms with E-state index in [4.69, 9.17) is 10.2 Å². The molecule has 0 unspecified atom stereocenters. The van der Waals surface area contributed by atoms with E-state index in [1.165, 1.54) is 0 Å². The number of thioether (sulfide) groups is 1. The maximum Gasteiger partial charge on any atom is 0.251 e. The van der Waals surface area contributed by atoms with Crippen LogP contribution in [0.2, 0.25) is 0 Å². The number of hydrogen-bond acceptors (Lipinski definition) is 4. The molecular formula is C18H18N2O2S. The summed E-state index contributed by atoms with van der Waals surface area (Å²) in [5.74, 6) is 1.61. The van der Waals surface area contributed by atoms with E-state index < -0.39 is 0 Å². The minimum atomic E-state index is -0.0173. The predicted octanol–water partition coefficient (Wildman–Crippen LogP) is 3.67. The van der Waals surface area contributed by atoms with Gasteiger partial charge in [0.05, 0.1) is 18.6 Å². The quantitative estimate of drug-likeness (QED) is 0.574. The first-order valence-electron chi connectivity index (χ1n) is 7.33. The zero-order valence-electron chi connectivity index (χ0n) is 12.9. The Morgan fingerprint density at radius 2 is 2.09 bits per heavy atom. The van der Waals surface area contributed by atoms with Crippen molar-refractivity contribution in [3.8, 4) is 0 Å². The number of aromatic nitrogens is 1. The molecule has 2 N–H and O–H groups in total. The third-order valence-electron chi connectivity index (χ3n) is 3.76. The summed E-state index contributed by atoms with van der Waals surface area (Å²) < 4.78 is 6.99. The number of rotatable bonds is 5. The molecule has 0 spiro atoms. The van der Waals surface area contributed by atoms with Crippen molar-refractivity contribution in [2.75, 3.05) is 5.73 Å². The first kappa shape index (κ1) is 15.5. The van der Waals surface area contributed by atoms with Crippen molar-refractivity contribution in [2.24, 2.45) is 0 Å². The molecule has 1 aromatic carbocycles. The van der Waals surface area contributed by atoms with Gasteiger partial charge in [-0.1, -0.05) is 12.1 Å². The monoisotopic (exact) mass is 326 g/mol. The highest BCUT2D eigenvalue weighted by Gasteiger charge is 2.05. The standard InChI is InChI=1S/C18H18N2O2S/c1-13-14(4-2-6-17(13)19)11-20-8-7-16(10-18(20)21)23-12-15-5-3-9-22-15/h2-10H,11-12,19H2,1H3. The van der Waals surface area contributed by atoms with Crippen LogP contribution in [0.1, 0.15) is 16.9 Å². The van der Waals surface area contributed by atoms with Crippen LogP contribution in [0.5, 0.6) is 0 Å². The number of hydrogen-bond donors (Lipinski definition) is 1. The fourth-order valence-electron chi connectivity index (χ4n) is 2.32. The van der Waals surface area contributed by atoms with Gasteiger partial charge in [0.15, 0.2) is 0 Å². The average molecular weight is 326 g/mol. The Hall–Kier alpha value is -2.40. The summed E-state index contributed by atoms with van der Waals surface area (Å²) >= 11 is 1.59. The second-order valence-electron chi connectivity index (χ2n) is 5.33. The van der Waals surface area contributed by atoms with Gasteiger partial charge in [-0.15, -0.1) is 11.8 Å². The van der Waals surface area contributed by atoms with Crippen molar-refractivity contribution in [1.82, 2.24) is 4.57 Å². The maximum atomic E-state index is 12.3. The fraction of sp³-hybridized carbons (Fsp3) is 0.167. The van der Waals surface area contributed by atoms with Crippen LogP contribution < -0.4 is 11.3 Å². The predicted molar refractivity (Wildman–Crippen MR) is 93.7 cm³/mol. The molecule has 5 heteroatoms. The smallest absolute Gasteiger partial charge is 0.251 e. The number of furan rings is 1. The van der Waals surface area contributed by atoms with Crippen molar-refractivity contribution in [3.63, 3.8) is 0 Å². The molecule has 0 atom stereocenters. The van der Waals surface area contributed by atoms with Gasteiger partial charge in [0.2, 0.25) is 0 Å². The molecule has 2 heterocycles. The zero-order chi connectivity index (χ0) is 16.2. The molecule has 0 saturated carbocycles. The lowest BCUT2D eigenvalue weighted by atomic mass is 10.1. The summed E-state index contributed by atoms with van der Waals surface area (Å²) in [7, 11) is 0. The Balaban J connectivity index is 1.74. The van der Waals surface area contributed by atoms with E-state index in [9.17, 15) is 4.79 Å². The van der Waals surface area contributed by atoms with Gasteiger partial charge >= 0.3 is 0 Å². The minimum Gasteiger partial charge on any atom is -0.468 e. The Morgan fingerprint density at radius 3 is 2.83 bits per heavy atom. The van der Waals surface area contributed by atoms with Crippen molar-refractivity contribution >= 4 is 17.4 Å². The van der Waals surface area contributed by atoms with Gasteiger partial charge < -0.3 is 14.7 Å². The second kappa shape index (κ2) is 6.79. The summed E-state index contributed by atoms with van der Waals surface area (Å²) in [6.07, 6.45) is 3.48. The van der Waals surface area contributed by atoms with Crippen LogP contribution >= 0.6 is 11.8 Å². The highest BCUT2D eigenvalue weighted by Crippen LogP contribution is 2.22. The van der Waals surface area contributed by atoms with Crippen molar-refractivity contribution in [1.29, 1.82) is 0 Å². The molecule has 0 aliphatic heterocycles. The van der Waals surface area contributed by atoms with Gasteiger partial charge in [-0.2, -0.15) is 0 Å². The van der Waals surface area contributed by atoms with Gasteiger partial charge in [0.25, 0.3) is 5.56 Å². The number of anilines is 1. The van der Waals surface area contributed by atoms with E-state index in [1.807, 2.05) is 49.5 Å². The van der Waals surface area contributed by atoms with Gasteiger partial charge in [-0.3, -0.25) is 4.79 Å². The topological polar surface area (TPSA) is 61.2 Å². The molecule has 0 saturated heterocycles. The number of nitrogen functional groups attached to an aromatic ring is 1. The lowest BCUT2D eigenvalue weighted by Crippen LogP contribution is -2.19. The molecule has 0 fully saturated rings. The van der Waals surface area contributed by atoms with Crippen molar-refractivity contribution < 1.29 is 4.42 Å². The largest absolute Gasteiger partial charge is 0.468 e. The molecule has 0 bridgehead atoms. The van der Waals surface area contributed by atoms with Crippen molar-refractivity contribution in [2.45, 2.75) is 24.1 Å². The first-order chi connectivity index (χ1) is 11.1. The van der Waals surface area contributed by atoms with Crippen LogP contribution in [0.15, 0.2) is 69.0 Å². The minimum absolute atomic E-state index is 0.0173. The normalized spacial score (nSPS) is 10.8. The summed E-state index contributed by atoms with van der Waals surface area (Å²) in [5, 5.41) is 0. The molecule has 118 valence electrons. The van der Waals surface area contributed by atoms with E-state index in [0.29, 0.717) is 12.3 Å². The third kappa shape index (κ3) is 3.68. The molecule has 0 aliphatic carbocycles. The molecule has 4 nitrogen and oxygen atoms in total. The lowest BCUT2D eigenvalue weighted by molar-refractivity contribution is 0.530. The summed E-state index contributed by atoms with van der Waals surface area (Å²) in [4.78, 5) is 13.2. The Morgan fingerprint density at radius 1 is 1.22 bits per heavy atom. The van der Waals surface area contributed by atoms with Crippen LogP contribution in [0.4, 0.5) is 5.69 Å². The van der Waals surface area contributed by atoms with E-state index in [1.54, 1.807) is 28.7 Å². The average Bonchev–Trinajstić information content (AvgIpc) is 3.05. The molecule has 23 heavy (non-hydrogen) atoms. The molecular weight excluding hydrogens is 308 g/mol. The van der Waals surface area contributed by atoms with Crippen molar-refractivity contribution in [3.05, 3.63) is 82.2 Å². The molecule has 0 aliphatic rings.